The molecule has 0 bridgehead atoms. The summed E-state index contributed by atoms with van der Waals surface area (Å²) in [6.07, 6.45) is 2.62. The van der Waals surface area contributed by atoms with E-state index in [2.05, 4.69) is 56.7 Å². The molecule has 112 valence electrons. The second-order valence-electron chi connectivity index (χ2n) is 5.19. The molecule has 0 aliphatic rings. The van der Waals surface area contributed by atoms with Crippen molar-refractivity contribution < 1.29 is 0 Å². The number of rotatable bonds is 6. The Bertz CT molecular complexity index is 567. The largest absolute Gasteiger partial charge is 0.378 e. The Morgan fingerprint density at radius 2 is 1.90 bits per heavy atom. The van der Waals surface area contributed by atoms with E-state index in [1.165, 1.54) is 0 Å². The molecular formula is C15H22N6. The second kappa shape index (κ2) is 6.88. The summed E-state index contributed by atoms with van der Waals surface area (Å²) in [4.78, 5) is 6.47. The molecule has 0 amide bonds. The van der Waals surface area contributed by atoms with E-state index in [-0.39, 0.29) is 0 Å². The Balaban J connectivity index is 2.07. The van der Waals surface area contributed by atoms with Gasteiger partial charge in [0.05, 0.1) is 6.20 Å². The first-order valence-corrected chi connectivity index (χ1v) is 7.09. The third-order valence-electron chi connectivity index (χ3n) is 3.20. The van der Waals surface area contributed by atoms with Crippen LogP contribution in [-0.2, 0) is 0 Å². The Hall–Kier alpha value is -2.37. The van der Waals surface area contributed by atoms with Crippen LogP contribution >= 0.6 is 0 Å². The molecule has 6 nitrogen and oxygen atoms in total. The number of hydrogen-bond donors (Lipinski definition) is 2. The molecule has 0 spiro atoms. The fourth-order valence-corrected chi connectivity index (χ4v) is 1.74. The maximum atomic E-state index is 4.41. The molecule has 1 aromatic carbocycles. The minimum Gasteiger partial charge on any atom is -0.378 e. The van der Waals surface area contributed by atoms with Crippen molar-refractivity contribution in [2.45, 2.75) is 26.3 Å². The summed E-state index contributed by atoms with van der Waals surface area (Å²) in [6.45, 7) is 4.20. The highest BCUT2D eigenvalue weighted by molar-refractivity contribution is 5.60. The van der Waals surface area contributed by atoms with Crippen molar-refractivity contribution in [3.05, 3.63) is 30.5 Å². The molecule has 0 aliphatic carbocycles. The lowest BCUT2D eigenvalue weighted by atomic mass is 10.2. The monoisotopic (exact) mass is 286 g/mol. The molecule has 0 saturated carbocycles. The van der Waals surface area contributed by atoms with Crippen molar-refractivity contribution in [1.29, 1.82) is 0 Å². The van der Waals surface area contributed by atoms with E-state index in [4.69, 9.17) is 0 Å². The van der Waals surface area contributed by atoms with Crippen LogP contribution in [0.1, 0.15) is 20.3 Å². The first-order chi connectivity index (χ1) is 10.1. The summed E-state index contributed by atoms with van der Waals surface area (Å²) in [7, 11) is 4.03. The van der Waals surface area contributed by atoms with Gasteiger partial charge in [-0.3, -0.25) is 0 Å². The van der Waals surface area contributed by atoms with Crippen LogP contribution in [0.2, 0.25) is 0 Å². The average molecular weight is 286 g/mol. The minimum absolute atomic E-state index is 0.321. The molecule has 0 fully saturated rings. The van der Waals surface area contributed by atoms with Gasteiger partial charge in [0.25, 0.3) is 0 Å². The Morgan fingerprint density at radius 3 is 2.52 bits per heavy atom. The van der Waals surface area contributed by atoms with Crippen molar-refractivity contribution >= 4 is 23.1 Å². The molecule has 1 atom stereocenters. The molecule has 1 heterocycles. The van der Waals surface area contributed by atoms with Crippen LogP contribution < -0.4 is 15.5 Å². The maximum absolute atomic E-state index is 4.41. The van der Waals surface area contributed by atoms with Crippen molar-refractivity contribution in [3.8, 4) is 0 Å². The minimum atomic E-state index is 0.321. The van der Waals surface area contributed by atoms with Crippen LogP contribution in [0.25, 0.3) is 0 Å². The van der Waals surface area contributed by atoms with Gasteiger partial charge in [-0.05, 0) is 37.6 Å². The number of hydrogen-bond acceptors (Lipinski definition) is 6. The lowest BCUT2D eigenvalue weighted by Gasteiger charge is -2.14. The summed E-state index contributed by atoms with van der Waals surface area (Å²) in [5, 5.41) is 14.4. The van der Waals surface area contributed by atoms with Crippen LogP contribution in [-0.4, -0.2) is 35.3 Å². The van der Waals surface area contributed by atoms with Gasteiger partial charge in [0.15, 0.2) is 5.82 Å². The molecule has 6 heteroatoms. The average Bonchev–Trinajstić information content (AvgIpc) is 2.48. The molecule has 0 aliphatic heterocycles. The van der Waals surface area contributed by atoms with Crippen molar-refractivity contribution in [2.24, 2.45) is 0 Å². The molecule has 2 aromatic rings. The van der Waals surface area contributed by atoms with E-state index >= 15 is 0 Å². The van der Waals surface area contributed by atoms with Gasteiger partial charge < -0.3 is 15.5 Å². The summed E-state index contributed by atoms with van der Waals surface area (Å²) >= 11 is 0. The van der Waals surface area contributed by atoms with Gasteiger partial charge in [-0.2, -0.15) is 10.1 Å². The van der Waals surface area contributed by atoms with Gasteiger partial charge in [-0.15, -0.1) is 5.10 Å². The number of nitrogens with zero attached hydrogens (tertiary/aromatic N) is 4. The predicted molar refractivity (Wildman–Crippen MR) is 87.3 cm³/mol. The molecule has 0 radical (unpaired) electrons. The summed E-state index contributed by atoms with van der Waals surface area (Å²) in [5.41, 5.74) is 2.12. The van der Waals surface area contributed by atoms with Crippen LogP contribution in [0.15, 0.2) is 30.5 Å². The summed E-state index contributed by atoms with van der Waals surface area (Å²) < 4.78 is 0. The normalized spacial score (nSPS) is 11.8. The molecule has 1 unspecified atom stereocenters. The lowest BCUT2D eigenvalue weighted by Crippen LogP contribution is -2.16. The molecule has 2 N–H and O–H groups in total. The fourth-order valence-electron chi connectivity index (χ4n) is 1.74. The molecule has 1 aromatic heterocycles. The van der Waals surface area contributed by atoms with Gasteiger partial charge in [-0.25, -0.2) is 0 Å². The van der Waals surface area contributed by atoms with E-state index in [0.717, 1.165) is 17.8 Å². The Kier molecular flexibility index (Phi) is 4.92. The zero-order chi connectivity index (χ0) is 15.2. The van der Waals surface area contributed by atoms with Crippen molar-refractivity contribution in [2.75, 3.05) is 29.6 Å². The molecule has 2 rings (SSSR count). The highest BCUT2D eigenvalue weighted by atomic mass is 15.3. The van der Waals surface area contributed by atoms with Crippen LogP contribution in [0.3, 0.4) is 0 Å². The van der Waals surface area contributed by atoms with Crippen molar-refractivity contribution in [1.82, 2.24) is 15.2 Å². The maximum Gasteiger partial charge on any atom is 0.244 e. The lowest BCUT2D eigenvalue weighted by molar-refractivity contribution is 0.746. The van der Waals surface area contributed by atoms with E-state index < -0.39 is 0 Å². The Labute approximate surface area is 125 Å². The fraction of sp³-hybridized carbons (Fsp3) is 0.400. The van der Waals surface area contributed by atoms with Gasteiger partial charge in [0.2, 0.25) is 5.95 Å². The summed E-state index contributed by atoms with van der Waals surface area (Å²) in [6, 6.07) is 8.45. The second-order valence-corrected chi connectivity index (χ2v) is 5.19. The SMILES string of the molecule is CCC(C)Nc1nncc(Nc2ccc(N(C)C)cc2)n1. The zero-order valence-corrected chi connectivity index (χ0v) is 13.0. The van der Waals surface area contributed by atoms with Crippen LogP contribution in [0.4, 0.5) is 23.1 Å². The first kappa shape index (κ1) is 15.0. The van der Waals surface area contributed by atoms with Crippen LogP contribution in [0.5, 0.6) is 0 Å². The van der Waals surface area contributed by atoms with E-state index in [1.807, 2.05) is 26.2 Å². The number of anilines is 4. The number of benzene rings is 1. The summed E-state index contributed by atoms with van der Waals surface area (Å²) in [5.74, 6) is 1.22. The highest BCUT2D eigenvalue weighted by Crippen LogP contribution is 2.19. The van der Waals surface area contributed by atoms with E-state index in [9.17, 15) is 0 Å². The Morgan fingerprint density at radius 1 is 1.19 bits per heavy atom. The third-order valence-corrected chi connectivity index (χ3v) is 3.20. The van der Waals surface area contributed by atoms with Crippen molar-refractivity contribution in [3.63, 3.8) is 0 Å². The third kappa shape index (κ3) is 4.30. The number of aromatic nitrogens is 3. The predicted octanol–water partition coefficient (Wildman–Crippen LogP) is 2.89. The van der Waals surface area contributed by atoms with E-state index in [1.54, 1.807) is 6.20 Å². The van der Waals surface area contributed by atoms with E-state index in [0.29, 0.717) is 17.8 Å². The van der Waals surface area contributed by atoms with Crippen LogP contribution in [0, 0.1) is 0 Å². The first-order valence-electron chi connectivity index (χ1n) is 7.09. The van der Waals surface area contributed by atoms with Gasteiger partial charge in [-0.1, -0.05) is 6.92 Å². The molecular weight excluding hydrogens is 264 g/mol. The quantitative estimate of drug-likeness (QED) is 0.851. The standard InChI is InChI=1S/C15H22N6/c1-5-11(2)17-15-19-14(10-16-20-15)18-12-6-8-13(9-7-12)21(3)4/h6-11H,5H2,1-4H3,(H2,17,18,19,20). The smallest absolute Gasteiger partial charge is 0.244 e. The molecule has 21 heavy (non-hydrogen) atoms. The van der Waals surface area contributed by atoms with Gasteiger partial charge in [0, 0.05) is 31.5 Å². The topological polar surface area (TPSA) is 66.0 Å². The zero-order valence-electron chi connectivity index (χ0n) is 13.0. The van der Waals surface area contributed by atoms with Gasteiger partial charge >= 0.3 is 0 Å². The number of nitrogens with one attached hydrogen (secondary N) is 2. The van der Waals surface area contributed by atoms with Gasteiger partial charge in [0.1, 0.15) is 0 Å². The highest BCUT2D eigenvalue weighted by Gasteiger charge is 2.04. The molecule has 0 saturated heterocycles.